The molecule has 0 amide bonds. The van der Waals surface area contributed by atoms with Gasteiger partial charge in [0.15, 0.2) is 17.5 Å². The lowest BCUT2D eigenvalue weighted by Crippen LogP contribution is -2.41. The predicted octanol–water partition coefficient (Wildman–Crippen LogP) is 2.70. The summed E-state index contributed by atoms with van der Waals surface area (Å²) in [6.07, 6.45) is 3.29. The van der Waals surface area contributed by atoms with Crippen LogP contribution in [0.5, 0.6) is 11.5 Å². The molecule has 1 N–H and O–H groups in total. The molecule has 4 rings (SSSR count). The first-order valence-corrected chi connectivity index (χ1v) is 9.78. The van der Waals surface area contributed by atoms with Crippen molar-refractivity contribution in [2.24, 2.45) is 10.4 Å². The number of nitrogens with one attached hydrogen (secondary N) is 1. The number of halogens is 1. The fraction of sp³-hybridized carbons (Fsp3) is 0.650. The first kappa shape index (κ1) is 20.5. The lowest BCUT2D eigenvalue weighted by molar-refractivity contribution is 0.156. The minimum absolute atomic E-state index is 0. The Labute approximate surface area is 178 Å². The van der Waals surface area contributed by atoms with E-state index in [1.807, 2.05) is 6.07 Å². The van der Waals surface area contributed by atoms with Crippen LogP contribution in [0.3, 0.4) is 0 Å². The van der Waals surface area contributed by atoms with Gasteiger partial charge in [0.05, 0.1) is 6.61 Å². The molecule has 0 saturated carbocycles. The fourth-order valence-electron chi connectivity index (χ4n) is 4.05. The molecule has 2 fully saturated rings. The minimum atomic E-state index is 0. The van der Waals surface area contributed by atoms with Gasteiger partial charge in [-0.2, -0.15) is 0 Å². The van der Waals surface area contributed by atoms with E-state index in [0.717, 1.165) is 63.3 Å². The highest BCUT2D eigenvalue weighted by Crippen LogP contribution is 2.38. The van der Waals surface area contributed by atoms with Crippen LogP contribution in [0.4, 0.5) is 0 Å². The number of likely N-dealkylation sites (tertiary alicyclic amines) is 1. The lowest BCUT2D eigenvalue weighted by Gasteiger charge is -2.25. The molecule has 27 heavy (non-hydrogen) atoms. The number of guanidine groups is 1. The van der Waals surface area contributed by atoms with Gasteiger partial charge in [0, 0.05) is 38.2 Å². The lowest BCUT2D eigenvalue weighted by atomic mass is 9.87. The molecule has 2 saturated heterocycles. The van der Waals surface area contributed by atoms with Crippen molar-refractivity contribution in [1.82, 2.24) is 10.2 Å². The molecule has 1 spiro atoms. The third kappa shape index (κ3) is 4.80. The van der Waals surface area contributed by atoms with Crippen molar-refractivity contribution in [2.45, 2.75) is 26.2 Å². The molecule has 0 aromatic heterocycles. The van der Waals surface area contributed by atoms with Crippen LogP contribution < -0.4 is 14.8 Å². The van der Waals surface area contributed by atoms with Gasteiger partial charge in [-0.25, -0.2) is 0 Å². The van der Waals surface area contributed by atoms with Crippen LogP contribution in [0.2, 0.25) is 0 Å². The van der Waals surface area contributed by atoms with E-state index in [4.69, 9.17) is 19.2 Å². The molecule has 150 valence electrons. The monoisotopic (exact) mass is 487 g/mol. The molecule has 0 bridgehead atoms. The van der Waals surface area contributed by atoms with Crippen molar-refractivity contribution in [1.29, 1.82) is 0 Å². The van der Waals surface area contributed by atoms with Crippen molar-refractivity contribution in [3.63, 3.8) is 0 Å². The Hall–Kier alpha value is -1.22. The van der Waals surface area contributed by atoms with E-state index in [-0.39, 0.29) is 24.0 Å². The summed E-state index contributed by atoms with van der Waals surface area (Å²) in [5.74, 6) is 2.74. The summed E-state index contributed by atoms with van der Waals surface area (Å²) in [5.41, 5.74) is 1.59. The summed E-state index contributed by atoms with van der Waals surface area (Å²) in [4.78, 5) is 7.28. The van der Waals surface area contributed by atoms with Crippen LogP contribution in [0.25, 0.3) is 0 Å². The van der Waals surface area contributed by atoms with Crippen molar-refractivity contribution >= 4 is 29.9 Å². The van der Waals surface area contributed by atoms with Gasteiger partial charge in [-0.15, -0.1) is 24.0 Å². The number of hydrogen-bond donors (Lipinski definition) is 1. The Kier molecular flexibility index (Phi) is 7.08. The van der Waals surface area contributed by atoms with E-state index in [0.29, 0.717) is 18.6 Å². The average Bonchev–Trinajstić information content (AvgIpc) is 3.31. The van der Waals surface area contributed by atoms with Gasteiger partial charge in [-0.1, -0.05) is 6.07 Å². The summed E-state index contributed by atoms with van der Waals surface area (Å²) in [6.45, 7) is 8.98. The number of nitrogens with zero attached hydrogens (tertiary/aromatic N) is 2. The molecule has 7 heteroatoms. The second-order valence-corrected chi connectivity index (χ2v) is 7.44. The summed E-state index contributed by atoms with van der Waals surface area (Å²) in [5, 5.41) is 3.46. The molecule has 6 nitrogen and oxygen atoms in total. The van der Waals surface area contributed by atoms with Crippen LogP contribution in [0.1, 0.15) is 25.3 Å². The maximum Gasteiger partial charge on any atom is 0.193 e. The van der Waals surface area contributed by atoms with E-state index < -0.39 is 0 Å². The van der Waals surface area contributed by atoms with Gasteiger partial charge in [-0.05, 0) is 43.9 Å². The summed E-state index contributed by atoms with van der Waals surface area (Å²) in [7, 11) is 0. The Morgan fingerprint density at radius 3 is 2.81 bits per heavy atom. The van der Waals surface area contributed by atoms with Gasteiger partial charge in [0.1, 0.15) is 13.2 Å². The highest BCUT2D eigenvalue weighted by molar-refractivity contribution is 14.0. The smallest absolute Gasteiger partial charge is 0.193 e. The topological polar surface area (TPSA) is 55.3 Å². The van der Waals surface area contributed by atoms with Crippen molar-refractivity contribution in [2.75, 3.05) is 52.6 Å². The zero-order chi connectivity index (χ0) is 17.8. The average molecular weight is 487 g/mol. The molecule has 1 unspecified atom stereocenters. The molecule has 1 atom stereocenters. The fourth-order valence-corrected chi connectivity index (χ4v) is 4.05. The normalized spacial score (nSPS) is 24.2. The first-order valence-electron chi connectivity index (χ1n) is 9.78. The maximum absolute atomic E-state index is 5.67. The van der Waals surface area contributed by atoms with Crippen LogP contribution in [0, 0.1) is 5.41 Å². The quantitative estimate of drug-likeness (QED) is 0.402. The molecule has 3 aliphatic rings. The highest BCUT2D eigenvalue weighted by atomic mass is 127. The molecular formula is C20H30IN3O3. The third-order valence-electron chi connectivity index (χ3n) is 5.53. The minimum Gasteiger partial charge on any atom is -0.486 e. The van der Waals surface area contributed by atoms with E-state index >= 15 is 0 Å². The Balaban J connectivity index is 0.00000210. The van der Waals surface area contributed by atoms with Gasteiger partial charge >= 0.3 is 0 Å². The van der Waals surface area contributed by atoms with Gasteiger partial charge in [0.2, 0.25) is 0 Å². The zero-order valence-corrected chi connectivity index (χ0v) is 18.4. The van der Waals surface area contributed by atoms with E-state index in [2.05, 4.69) is 29.3 Å². The van der Waals surface area contributed by atoms with Gasteiger partial charge < -0.3 is 24.4 Å². The van der Waals surface area contributed by atoms with E-state index in [9.17, 15) is 0 Å². The Morgan fingerprint density at radius 1 is 1.19 bits per heavy atom. The van der Waals surface area contributed by atoms with Crippen LogP contribution in [0.15, 0.2) is 23.2 Å². The van der Waals surface area contributed by atoms with Crippen molar-refractivity contribution in [3.8, 4) is 11.5 Å². The van der Waals surface area contributed by atoms with Crippen LogP contribution in [-0.2, 0) is 11.2 Å². The largest absolute Gasteiger partial charge is 0.486 e. The van der Waals surface area contributed by atoms with Crippen molar-refractivity contribution < 1.29 is 14.2 Å². The molecule has 1 aromatic rings. The summed E-state index contributed by atoms with van der Waals surface area (Å²) >= 11 is 0. The maximum atomic E-state index is 5.67. The van der Waals surface area contributed by atoms with E-state index in [1.54, 1.807) is 0 Å². The molecule has 0 radical (unpaired) electrons. The third-order valence-corrected chi connectivity index (χ3v) is 5.53. The number of rotatable bonds is 4. The number of fused-ring (bicyclic) bond motifs is 1. The van der Waals surface area contributed by atoms with Gasteiger partial charge in [0.25, 0.3) is 0 Å². The second-order valence-electron chi connectivity index (χ2n) is 7.44. The molecule has 3 aliphatic heterocycles. The number of benzene rings is 1. The SMILES string of the molecule is CCNC(=NCCc1ccc2c(c1)OCCO2)N1CCC2(CCOC2)C1.I. The number of hydrogen-bond acceptors (Lipinski definition) is 4. The first-order chi connectivity index (χ1) is 12.8. The Morgan fingerprint density at radius 2 is 2.04 bits per heavy atom. The standard InChI is InChI=1S/C20H29N3O3.HI/c1-2-21-19(23-9-6-20(14-23)7-10-24-15-20)22-8-5-16-3-4-17-18(13-16)26-12-11-25-17;/h3-4,13H,2,5-12,14-15H2,1H3,(H,21,22);1H. The zero-order valence-electron chi connectivity index (χ0n) is 16.0. The van der Waals surface area contributed by atoms with E-state index in [1.165, 1.54) is 18.4 Å². The summed E-state index contributed by atoms with van der Waals surface area (Å²) in [6, 6.07) is 6.19. The Bertz CT molecular complexity index is 662. The number of ether oxygens (including phenoxy) is 3. The van der Waals surface area contributed by atoms with Crippen LogP contribution in [-0.4, -0.2) is 63.5 Å². The van der Waals surface area contributed by atoms with Gasteiger partial charge in [-0.3, -0.25) is 4.99 Å². The van der Waals surface area contributed by atoms with Crippen LogP contribution >= 0.6 is 24.0 Å². The van der Waals surface area contributed by atoms with Crippen molar-refractivity contribution in [3.05, 3.63) is 23.8 Å². The predicted molar refractivity (Wildman–Crippen MR) is 117 cm³/mol. The molecular weight excluding hydrogens is 457 g/mol. The highest BCUT2D eigenvalue weighted by Gasteiger charge is 2.42. The summed E-state index contributed by atoms with van der Waals surface area (Å²) < 4.78 is 16.9. The molecule has 1 aromatic carbocycles. The molecule has 0 aliphatic carbocycles. The second kappa shape index (κ2) is 9.32. The number of aliphatic imine (C=N–C) groups is 1. The molecule has 3 heterocycles.